The zero-order valence-corrected chi connectivity index (χ0v) is 14.4. The molecule has 0 amide bonds. The molecule has 3 atom stereocenters. The summed E-state index contributed by atoms with van der Waals surface area (Å²) in [5.41, 5.74) is 1.10. The van der Waals surface area contributed by atoms with E-state index >= 15 is 0 Å². The van der Waals surface area contributed by atoms with E-state index in [-0.39, 0.29) is 24.3 Å². The van der Waals surface area contributed by atoms with Crippen molar-refractivity contribution in [3.05, 3.63) is 35.9 Å². The number of rotatable bonds is 7. The molecular weight excluding hydrogens is 310 g/mol. The first-order chi connectivity index (χ1) is 11.0. The minimum Gasteiger partial charge on any atom is -0.372 e. The average Bonchev–Trinajstić information content (AvgIpc) is 2.54. The van der Waals surface area contributed by atoms with Crippen LogP contribution in [0.5, 0.6) is 0 Å². The van der Waals surface area contributed by atoms with Crippen molar-refractivity contribution in [1.29, 1.82) is 0 Å². The largest absolute Gasteiger partial charge is 0.372 e. The summed E-state index contributed by atoms with van der Waals surface area (Å²) in [6.45, 7) is 2.68. The van der Waals surface area contributed by atoms with Crippen molar-refractivity contribution in [3.63, 3.8) is 0 Å². The number of hydrogen-bond donors (Lipinski definition) is 1. The van der Waals surface area contributed by atoms with E-state index in [4.69, 9.17) is 11.2 Å². The van der Waals surface area contributed by atoms with Gasteiger partial charge < -0.3 is 4.74 Å². The van der Waals surface area contributed by atoms with Crippen molar-refractivity contribution < 1.29 is 13.2 Å². The van der Waals surface area contributed by atoms with E-state index in [1.54, 1.807) is 0 Å². The Hall–Kier alpha value is -1.35. The van der Waals surface area contributed by atoms with Crippen molar-refractivity contribution >= 4 is 10.0 Å². The summed E-state index contributed by atoms with van der Waals surface area (Å²) in [7, 11) is -3.35. The van der Waals surface area contributed by atoms with Crippen LogP contribution in [0.2, 0.25) is 0 Å². The van der Waals surface area contributed by atoms with Crippen LogP contribution in [0.15, 0.2) is 30.3 Å². The predicted octanol–water partition coefficient (Wildman–Crippen LogP) is 2.70. The van der Waals surface area contributed by atoms with Crippen LogP contribution in [0.1, 0.15) is 38.2 Å². The molecule has 0 spiro atoms. The van der Waals surface area contributed by atoms with E-state index in [1.807, 2.05) is 30.3 Å². The van der Waals surface area contributed by atoms with Crippen LogP contribution in [0.25, 0.3) is 0 Å². The summed E-state index contributed by atoms with van der Waals surface area (Å²) in [5.74, 6) is 2.89. The van der Waals surface area contributed by atoms with Gasteiger partial charge in [0, 0.05) is 12.5 Å². The van der Waals surface area contributed by atoms with E-state index < -0.39 is 10.0 Å². The summed E-state index contributed by atoms with van der Waals surface area (Å²) < 4.78 is 33.0. The van der Waals surface area contributed by atoms with E-state index in [0.29, 0.717) is 12.5 Å². The first-order valence-corrected chi connectivity index (χ1v) is 9.74. The highest BCUT2D eigenvalue weighted by atomic mass is 32.2. The summed E-state index contributed by atoms with van der Waals surface area (Å²) in [5, 5.41) is 0. The second-order valence-corrected chi connectivity index (χ2v) is 8.12. The maximum atomic E-state index is 12.1. The number of terminal acetylenes is 1. The average molecular weight is 335 g/mol. The molecule has 1 aromatic carbocycles. The minimum atomic E-state index is -3.35. The molecule has 0 aliphatic heterocycles. The molecule has 126 valence electrons. The molecule has 0 aromatic heterocycles. The topological polar surface area (TPSA) is 55.4 Å². The second kappa shape index (κ2) is 8.49. The molecule has 0 heterocycles. The van der Waals surface area contributed by atoms with E-state index in [9.17, 15) is 8.42 Å². The minimum absolute atomic E-state index is 0.0268. The normalized spacial score (nSPS) is 25.0. The highest BCUT2D eigenvalue weighted by Gasteiger charge is 2.32. The van der Waals surface area contributed by atoms with Gasteiger partial charge in [-0.25, -0.2) is 13.1 Å². The lowest BCUT2D eigenvalue weighted by atomic mass is 9.85. The third-order valence-electron chi connectivity index (χ3n) is 4.21. The van der Waals surface area contributed by atoms with Gasteiger partial charge in [0.25, 0.3) is 0 Å². The van der Waals surface area contributed by atoms with Crippen LogP contribution in [0.4, 0.5) is 0 Å². The van der Waals surface area contributed by atoms with Gasteiger partial charge in [-0.1, -0.05) is 37.3 Å². The Bertz CT molecular complexity index is 621. The van der Waals surface area contributed by atoms with Crippen LogP contribution in [-0.2, 0) is 21.4 Å². The number of sulfonamides is 1. The molecule has 1 fully saturated rings. The van der Waals surface area contributed by atoms with Crippen molar-refractivity contribution in [1.82, 2.24) is 4.72 Å². The second-order valence-electron chi connectivity index (χ2n) is 6.25. The van der Waals surface area contributed by atoms with Gasteiger partial charge in [0.15, 0.2) is 0 Å². The predicted molar refractivity (Wildman–Crippen MR) is 92.2 cm³/mol. The molecular formula is C18H25NO3S. The highest BCUT2D eigenvalue weighted by molar-refractivity contribution is 7.89. The fraction of sp³-hybridized carbons (Fsp3) is 0.556. The van der Waals surface area contributed by atoms with Crippen molar-refractivity contribution in [3.8, 4) is 12.3 Å². The Labute approximate surface area is 139 Å². The summed E-state index contributed by atoms with van der Waals surface area (Å²) in [6.07, 6.45) is 7.97. The van der Waals surface area contributed by atoms with Gasteiger partial charge in [-0.3, -0.25) is 0 Å². The standard InChI is InChI=1S/C18H25NO3S/c1-3-4-12-23(20,21)19-17-11-10-15(2)13-18(17)22-14-16-8-6-5-7-9-16/h1,5-9,15,17-19H,4,10-14H2,2H3. The molecule has 5 heteroatoms. The fourth-order valence-corrected chi connectivity index (χ4v) is 4.14. The number of benzene rings is 1. The molecule has 1 saturated carbocycles. The summed E-state index contributed by atoms with van der Waals surface area (Å²) in [6, 6.07) is 9.77. The van der Waals surface area contributed by atoms with Gasteiger partial charge in [0.1, 0.15) is 0 Å². The maximum absolute atomic E-state index is 12.1. The fourth-order valence-electron chi connectivity index (χ4n) is 2.91. The van der Waals surface area contributed by atoms with Crippen LogP contribution < -0.4 is 4.72 Å². The molecule has 2 rings (SSSR count). The monoisotopic (exact) mass is 335 g/mol. The van der Waals surface area contributed by atoms with E-state index in [2.05, 4.69) is 17.6 Å². The Kier molecular flexibility index (Phi) is 6.64. The van der Waals surface area contributed by atoms with Crippen molar-refractivity contribution in [2.45, 2.75) is 51.4 Å². The third kappa shape index (κ3) is 5.98. The molecule has 1 N–H and O–H groups in total. The lowest BCUT2D eigenvalue weighted by Crippen LogP contribution is -2.48. The lowest BCUT2D eigenvalue weighted by Gasteiger charge is -2.35. The maximum Gasteiger partial charge on any atom is 0.212 e. The van der Waals surface area contributed by atoms with Crippen LogP contribution in [0, 0.1) is 18.3 Å². The zero-order chi connectivity index (χ0) is 16.7. The SMILES string of the molecule is C#CCCS(=O)(=O)NC1CCC(C)CC1OCc1ccccc1. The highest BCUT2D eigenvalue weighted by Crippen LogP contribution is 2.27. The van der Waals surface area contributed by atoms with Crippen LogP contribution in [0.3, 0.4) is 0 Å². The van der Waals surface area contributed by atoms with Crippen LogP contribution in [-0.4, -0.2) is 26.3 Å². The Balaban J connectivity index is 1.97. The Morgan fingerprint density at radius 2 is 2.04 bits per heavy atom. The van der Waals surface area contributed by atoms with Crippen LogP contribution >= 0.6 is 0 Å². The van der Waals surface area contributed by atoms with E-state index in [1.165, 1.54) is 0 Å². The molecule has 1 aromatic rings. The third-order valence-corrected chi connectivity index (χ3v) is 5.61. The van der Waals surface area contributed by atoms with Crippen molar-refractivity contribution in [2.75, 3.05) is 5.75 Å². The first kappa shape index (κ1) is 18.0. The van der Waals surface area contributed by atoms with Crippen molar-refractivity contribution in [2.24, 2.45) is 5.92 Å². The van der Waals surface area contributed by atoms with Gasteiger partial charge in [-0.15, -0.1) is 12.3 Å². The van der Waals surface area contributed by atoms with Gasteiger partial charge in [0.2, 0.25) is 10.0 Å². The Morgan fingerprint density at radius 3 is 2.74 bits per heavy atom. The van der Waals surface area contributed by atoms with Gasteiger partial charge in [-0.05, 0) is 30.7 Å². The van der Waals surface area contributed by atoms with Gasteiger partial charge >= 0.3 is 0 Å². The molecule has 3 unspecified atom stereocenters. The molecule has 23 heavy (non-hydrogen) atoms. The zero-order valence-electron chi connectivity index (χ0n) is 13.6. The number of hydrogen-bond acceptors (Lipinski definition) is 3. The van der Waals surface area contributed by atoms with E-state index in [0.717, 1.165) is 24.8 Å². The lowest BCUT2D eigenvalue weighted by molar-refractivity contribution is -0.0122. The molecule has 4 nitrogen and oxygen atoms in total. The molecule has 0 bridgehead atoms. The number of ether oxygens (including phenoxy) is 1. The number of nitrogens with one attached hydrogen (secondary N) is 1. The Morgan fingerprint density at radius 1 is 1.30 bits per heavy atom. The quantitative estimate of drug-likeness (QED) is 0.780. The summed E-state index contributed by atoms with van der Waals surface area (Å²) >= 11 is 0. The summed E-state index contributed by atoms with van der Waals surface area (Å²) in [4.78, 5) is 0. The smallest absolute Gasteiger partial charge is 0.212 e. The molecule has 1 aliphatic rings. The molecule has 0 radical (unpaired) electrons. The molecule has 1 aliphatic carbocycles. The molecule has 0 saturated heterocycles. The van der Waals surface area contributed by atoms with Gasteiger partial charge in [-0.2, -0.15) is 0 Å². The van der Waals surface area contributed by atoms with Gasteiger partial charge in [0.05, 0.1) is 18.5 Å². The first-order valence-electron chi connectivity index (χ1n) is 8.09.